The maximum absolute atomic E-state index is 12.7. The van der Waals surface area contributed by atoms with Crippen LogP contribution in [-0.2, 0) is 11.8 Å². The predicted molar refractivity (Wildman–Crippen MR) is 57.7 cm³/mol. The second-order valence-electron chi connectivity index (χ2n) is 2.95. The Hall–Kier alpha value is -1.22. The maximum Gasteiger partial charge on any atom is 0.280 e. The number of nitriles is 1. The van der Waals surface area contributed by atoms with Crippen molar-refractivity contribution < 1.29 is 13.5 Å². The number of hydrogen-bond acceptors (Lipinski definition) is 3. The van der Waals surface area contributed by atoms with Gasteiger partial charge in [0.2, 0.25) is 0 Å². The number of rotatable bonds is 4. The van der Waals surface area contributed by atoms with Gasteiger partial charge < -0.3 is 4.74 Å². The van der Waals surface area contributed by atoms with Crippen LogP contribution in [0.4, 0.5) is 8.78 Å². The lowest BCUT2D eigenvalue weighted by molar-refractivity contribution is 0.144. The van der Waals surface area contributed by atoms with Crippen molar-refractivity contribution in [3.05, 3.63) is 23.0 Å². The van der Waals surface area contributed by atoms with Crippen molar-refractivity contribution in [3.63, 3.8) is 0 Å². The smallest absolute Gasteiger partial charge is 0.280 e. The van der Waals surface area contributed by atoms with Crippen molar-refractivity contribution in [1.29, 1.82) is 5.26 Å². The summed E-state index contributed by atoms with van der Waals surface area (Å²) in [5, 5.41) is 8.87. The monoisotopic (exact) mass is 290 g/mol. The summed E-state index contributed by atoms with van der Waals surface area (Å²) in [6, 6.07) is 3.27. The van der Waals surface area contributed by atoms with Crippen LogP contribution in [0.15, 0.2) is 6.07 Å². The third kappa shape index (κ3) is 2.67. The summed E-state index contributed by atoms with van der Waals surface area (Å²) in [5.74, 6) is 0.409. The van der Waals surface area contributed by atoms with Gasteiger partial charge >= 0.3 is 0 Å². The average molecular weight is 291 g/mol. The van der Waals surface area contributed by atoms with Crippen molar-refractivity contribution in [2.75, 3.05) is 7.11 Å². The first-order valence-corrected chi connectivity index (χ1v) is 5.54. The normalized spacial score (nSPS) is 10.2. The SMILES string of the molecule is COc1cc(CC#N)c(C(F)F)nc1CBr. The number of alkyl halides is 3. The molecule has 0 N–H and O–H groups in total. The highest BCUT2D eigenvalue weighted by Gasteiger charge is 2.18. The van der Waals surface area contributed by atoms with Gasteiger partial charge in [0, 0.05) is 5.33 Å². The lowest BCUT2D eigenvalue weighted by Gasteiger charge is -2.11. The molecular weight excluding hydrogens is 282 g/mol. The van der Waals surface area contributed by atoms with Crippen LogP contribution in [0, 0.1) is 11.3 Å². The first-order valence-electron chi connectivity index (χ1n) is 4.41. The molecule has 1 aromatic rings. The predicted octanol–water partition coefficient (Wildman–Crippen LogP) is 2.99. The van der Waals surface area contributed by atoms with Crippen molar-refractivity contribution >= 4 is 15.9 Å². The zero-order chi connectivity index (χ0) is 12.1. The molecule has 0 atom stereocenters. The number of methoxy groups -OCH3 is 1. The summed E-state index contributed by atoms with van der Waals surface area (Å²) in [6.45, 7) is 0. The second-order valence-corrected chi connectivity index (χ2v) is 3.51. The second kappa shape index (κ2) is 5.75. The molecule has 16 heavy (non-hydrogen) atoms. The minimum Gasteiger partial charge on any atom is -0.495 e. The number of aromatic nitrogens is 1. The molecule has 3 nitrogen and oxygen atoms in total. The van der Waals surface area contributed by atoms with E-state index >= 15 is 0 Å². The van der Waals surface area contributed by atoms with Gasteiger partial charge in [-0.1, -0.05) is 15.9 Å². The molecule has 0 aromatic carbocycles. The van der Waals surface area contributed by atoms with Gasteiger partial charge in [0.15, 0.2) is 0 Å². The molecule has 0 spiro atoms. The molecule has 1 rings (SSSR count). The third-order valence-electron chi connectivity index (χ3n) is 2.00. The van der Waals surface area contributed by atoms with Gasteiger partial charge in [0.1, 0.15) is 11.4 Å². The van der Waals surface area contributed by atoms with Gasteiger partial charge in [0.05, 0.1) is 25.3 Å². The molecule has 0 radical (unpaired) electrons. The summed E-state index contributed by atoms with van der Waals surface area (Å²) < 4.78 is 30.4. The van der Waals surface area contributed by atoms with Crippen molar-refractivity contribution in [2.24, 2.45) is 0 Å². The van der Waals surface area contributed by atoms with E-state index in [1.165, 1.54) is 13.2 Å². The Balaban J connectivity index is 3.30. The van der Waals surface area contributed by atoms with Gasteiger partial charge in [-0.2, -0.15) is 5.26 Å². The van der Waals surface area contributed by atoms with E-state index in [9.17, 15) is 8.78 Å². The van der Waals surface area contributed by atoms with E-state index in [0.717, 1.165) is 0 Å². The zero-order valence-electron chi connectivity index (χ0n) is 8.51. The summed E-state index contributed by atoms with van der Waals surface area (Å²) in [5.41, 5.74) is 0.260. The lowest BCUT2D eigenvalue weighted by atomic mass is 10.1. The van der Waals surface area contributed by atoms with Crippen molar-refractivity contribution in [3.8, 4) is 11.8 Å². The maximum atomic E-state index is 12.7. The van der Waals surface area contributed by atoms with Crippen molar-refractivity contribution in [2.45, 2.75) is 18.2 Å². The van der Waals surface area contributed by atoms with Crippen LogP contribution in [-0.4, -0.2) is 12.1 Å². The quantitative estimate of drug-likeness (QED) is 0.801. The summed E-state index contributed by atoms with van der Waals surface area (Å²) >= 11 is 3.14. The average Bonchev–Trinajstić information content (AvgIpc) is 2.28. The highest BCUT2D eigenvalue weighted by atomic mass is 79.9. The zero-order valence-corrected chi connectivity index (χ0v) is 10.1. The molecule has 0 fully saturated rings. The molecule has 0 unspecified atom stereocenters. The van der Waals surface area contributed by atoms with E-state index in [1.807, 2.05) is 6.07 Å². The van der Waals surface area contributed by atoms with E-state index < -0.39 is 6.43 Å². The molecule has 0 amide bonds. The largest absolute Gasteiger partial charge is 0.495 e. The minimum atomic E-state index is -2.69. The Bertz CT molecular complexity index is 418. The molecular formula is C10H9BrF2N2O. The number of ether oxygens (including phenoxy) is 1. The molecule has 0 saturated carbocycles. The molecule has 0 saturated heterocycles. The van der Waals surface area contributed by atoms with E-state index in [1.54, 1.807) is 0 Å². The molecule has 1 heterocycles. The topological polar surface area (TPSA) is 45.9 Å². The Morgan fingerprint density at radius 3 is 2.75 bits per heavy atom. The number of pyridine rings is 1. The summed E-state index contributed by atoms with van der Waals surface area (Å²) in [4.78, 5) is 3.81. The highest BCUT2D eigenvalue weighted by molar-refractivity contribution is 9.08. The van der Waals surface area contributed by atoms with E-state index in [4.69, 9.17) is 10.00 Å². The van der Waals surface area contributed by atoms with E-state index in [0.29, 0.717) is 16.8 Å². The molecule has 0 bridgehead atoms. The van der Waals surface area contributed by atoms with E-state index in [-0.39, 0.29) is 17.7 Å². The van der Waals surface area contributed by atoms with Gasteiger partial charge in [0.25, 0.3) is 6.43 Å². The van der Waals surface area contributed by atoms with Crippen LogP contribution in [0.1, 0.15) is 23.4 Å². The van der Waals surface area contributed by atoms with Crippen LogP contribution < -0.4 is 4.74 Å². The summed E-state index contributed by atoms with van der Waals surface area (Å²) in [6.07, 6.45) is -2.79. The molecule has 0 aliphatic rings. The minimum absolute atomic E-state index is 0.106. The fraction of sp³-hybridized carbons (Fsp3) is 0.400. The molecule has 1 aromatic heterocycles. The van der Waals surface area contributed by atoms with Crippen LogP contribution in [0.3, 0.4) is 0 Å². The van der Waals surface area contributed by atoms with Crippen LogP contribution in [0.2, 0.25) is 0 Å². The summed E-state index contributed by atoms with van der Waals surface area (Å²) in [7, 11) is 1.43. The van der Waals surface area contributed by atoms with Crippen LogP contribution in [0.5, 0.6) is 5.75 Å². The number of hydrogen-bond donors (Lipinski definition) is 0. The van der Waals surface area contributed by atoms with Gasteiger partial charge in [-0.25, -0.2) is 13.8 Å². The van der Waals surface area contributed by atoms with Gasteiger partial charge in [-0.15, -0.1) is 0 Å². The van der Waals surface area contributed by atoms with Crippen molar-refractivity contribution in [1.82, 2.24) is 4.98 Å². The molecule has 6 heteroatoms. The standard InChI is InChI=1S/C10H9BrF2N2O/c1-16-8-4-6(2-3-14)9(10(12)13)15-7(8)5-11/h4,10H,2,5H2,1H3. The Morgan fingerprint density at radius 1 is 1.62 bits per heavy atom. The fourth-order valence-electron chi connectivity index (χ4n) is 1.28. The molecule has 86 valence electrons. The number of nitrogens with zero attached hydrogens (tertiary/aromatic N) is 2. The highest BCUT2D eigenvalue weighted by Crippen LogP contribution is 2.28. The molecule has 0 aliphatic carbocycles. The molecule has 0 aliphatic heterocycles. The van der Waals surface area contributed by atoms with Gasteiger partial charge in [-0.3, -0.25) is 0 Å². The Labute approximate surface area is 100 Å². The number of halogens is 3. The fourth-order valence-corrected chi connectivity index (χ4v) is 1.68. The first-order chi connectivity index (χ1) is 7.63. The van der Waals surface area contributed by atoms with E-state index in [2.05, 4.69) is 20.9 Å². The lowest BCUT2D eigenvalue weighted by Crippen LogP contribution is -2.03. The Kier molecular flexibility index (Phi) is 4.62. The third-order valence-corrected chi connectivity index (χ3v) is 2.53. The Morgan fingerprint density at radius 2 is 2.31 bits per heavy atom. The van der Waals surface area contributed by atoms with Gasteiger partial charge in [-0.05, 0) is 11.6 Å². The van der Waals surface area contributed by atoms with Crippen LogP contribution in [0.25, 0.3) is 0 Å². The first kappa shape index (κ1) is 12.8. The van der Waals surface area contributed by atoms with Crippen LogP contribution >= 0.6 is 15.9 Å².